The summed E-state index contributed by atoms with van der Waals surface area (Å²) in [6.07, 6.45) is 8.77. The minimum absolute atomic E-state index is 0.626. The lowest BCUT2D eigenvalue weighted by molar-refractivity contribution is 0.184. The number of benzene rings is 1. The lowest BCUT2D eigenvalue weighted by Gasteiger charge is -2.23. The maximum atomic E-state index is 5.80. The third-order valence-electron chi connectivity index (χ3n) is 5.08. The van der Waals surface area contributed by atoms with Crippen molar-refractivity contribution in [3.05, 3.63) is 59.6 Å². The number of rotatable bonds is 5. The molecule has 26 heavy (non-hydrogen) atoms. The first-order valence-corrected chi connectivity index (χ1v) is 9.51. The fourth-order valence-electron chi connectivity index (χ4n) is 3.66. The topological polar surface area (TPSA) is 38.9 Å². The quantitative estimate of drug-likeness (QED) is 0.632. The van der Waals surface area contributed by atoms with Gasteiger partial charge < -0.3 is 0 Å². The summed E-state index contributed by atoms with van der Waals surface area (Å²) in [4.78, 5) is 6.62. The Bertz CT molecular complexity index is 910. The Kier molecular flexibility index (Phi) is 4.95. The van der Waals surface area contributed by atoms with Crippen LogP contribution in [0.3, 0.4) is 0 Å². The van der Waals surface area contributed by atoms with Crippen molar-refractivity contribution in [1.29, 1.82) is 0 Å². The predicted molar refractivity (Wildman–Crippen MR) is 106 cm³/mol. The molecule has 0 aliphatic heterocycles. The first-order chi connectivity index (χ1) is 12.7. The molecule has 1 aliphatic carbocycles. The Morgan fingerprint density at radius 3 is 2.58 bits per heavy atom. The number of para-hydroxylation sites is 1. The SMILES string of the molecule is CN(Cn1nc(-c2cccnc2)n(-c2ccccc2)c1=S)C1CCCC1. The Morgan fingerprint density at radius 2 is 1.88 bits per heavy atom. The third-order valence-corrected chi connectivity index (χ3v) is 5.47. The Morgan fingerprint density at radius 1 is 1.12 bits per heavy atom. The van der Waals surface area contributed by atoms with Crippen LogP contribution in [0.4, 0.5) is 0 Å². The van der Waals surface area contributed by atoms with E-state index < -0.39 is 0 Å². The van der Waals surface area contributed by atoms with E-state index in [1.165, 1.54) is 25.7 Å². The van der Waals surface area contributed by atoms with Crippen LogP contribution in [0, 0.1) is 4.77 Å². The number of pyridine rings is 1. The number of hydrogen-bond donors (Lipinski definition) is 0. The molecular weight excluding hydrogens is 342 g/mol. The Labute approximate surface area is 158 Å². The molecule has 0 amide bonds. The van der Waals surface area contributed by atoms with Crippen LogP contribution in [0.15, 0.2) is 54.9 Å². The summed E-state index contributed by atoms with van der Waals surface area (Å²) in [6, 6.07) is 14.7. The minimum atomic E-state index is 0.626. The van der Waals surface area contributed by atoms with Gasteiger partial charge in [-0.1, -0.05) is 31.0 Å². The highest BCUT2D eigenvalue weighted by molar-refractivity contribution is 7.71. The summed E-state index contributed by atoms with van der Waals surface area (Å²) in [7, 11) is 2.17. The van der Waals surface area contributed by atoms with Crippen molar-refractivity contribution >= 4 is 12.2 Å². The third kappa shape index (κ3) is 3.34. The van der Waals surface area contributed by atoms with Crippen LogP contribution in [-0.2, 0) is 6.67 Å². The van der Waals surface area contributed by atoms with E-state index in [0.29, 0.717) is 17.5 Å². The molecule has 1 aromatic carbocycles. The van der Waals surface area contributed by atoms with Gasteiger partial charge in [0.05, 0.1) is 6.67 Å². The molecule has 1 fully saturated rings. The van der Waals surface area contributed by atoms with E-state index in [1.807, 2.05) is 45.8 Å². The average Bonchev–Trinajstić information content (AvgIpc) is 3.32. The second-order valence-corrected chi connectivity index (χ2v) is 7.22. The standard InChI is InChI=1S/C20H23N5S/c1-23(17-9-5-6-10-17)15-24-20(26)25(18-11-3-2-4-12-18)19(22-24)16-8-7-13-21-14-16/h2-4,7-8,11-14,17H,5-6,9-10,15H2,1H3. The molecule has 0 radical (unpaired) electrons. The van der Waals surface area contributed by atoms with Crippen molar-refractivity contribution < 1.29 is 0 Å². The van der Waals surface area contributed by atoms with Crippen LogP contribution >= 0.6 is 12.2 Å². The Hall–Kier alpha value is -2.31. The van der Waals surface area contributed by atoms with Gasteiger partial charge in [-0.25, -0.2) is 4.68 Å². The van der Waals surface area contributed by atoms with Gasteiger partial charge in [-0.2, -0.15) is 0 Å². The highest BCUT2D eigenvalue weighted by atomic mass is 32.1. The van der Waals surface area contributed by atoms with E-state index in [2.05, 4.69) is 29.1 Å². The Balaban J connectivity index is 1.76. The van der Waals surface area contributed by atoms with Gasteiger partial charge >= 0.3 is 0 Å². The fourth-order valence-corrected chi connectivity index (χ4v) is 3.95. The van der Waals surface area contributed by atoms with Crippen LogP contribution in [0.1, 0.15) is 25.7 Å². The normalized spacial score (nSPS) is 15.0. The molecule has 2 aromatic heterocycles. The van der Waals surface area contributed by atoms with Crippen molar-refractivity contribution in [3.63, 3.8) is 0 Å². The largest absolute Gasteiger partial charge is 0.284 e. The monoisotopic (exact) mass is 365 g/mol. The van der Waals surface area contributed by atoms with Gasteiger partial charge in [-0.3, -0.25) is 14.5 Å². The van der Waals surface area contributed by atoms with E-state index >= 15 is 0 Å². The summed E-state index contributed by atoms with van der Waals surface area (Å²) in [5.74, 6) is 0.828. The van der Waals surface area contributed by atoms with Gasteiger partial charge in [0.25, 0.3) is 0 Å². The van der Waals surface area contributed by atoms with Crippen molar-refractivity contribution in [2.45, 2.75) is 38.4 Å². The molecule has 0 bridgehead atoms. The molecule has 0 N–H and O–H groups in total. The van der Waals surface area contributed by atoms with Gasteiger partial charge in [0.15, 0.2) is 5.82 Å². The number of aromatic nitrogens is 4. The van der Waals surface area contributed by atoms with E-state index in [1.54, 1.807) is 6.20 Å². The first kappa shape index (κ1) is 17.1. The highest BCUT2D eigenvalue weighted by Crippen LogP contribution is 2.25. The smallest absolute Gasteiger partial charge is 0.204 e. The highest BCUT2D eigenvalue weighted by Gasteiger charge is 2.21. The molecule has 4 rings (SSSR count). The number of nitrogens with zero attached hydrogens (tertiary/aromatic N) is 5. The van der Waals surface area contributed by atoms with Gasteiger partial charge in [0.1, 0.15) is 0 Å². The van der Waals surface area contributed by atoms with Gasteiger partial charge in [-0.05, 0) is 56.4 Å². The summed E-state index contributed by atoms with van der Waals surface area (Å²) in [6.45, 7) is 0.705. The van der Waals surface area contributed by atoms with E-state index in [4.69, 9.17) is 17.3 Å². The first-order valence-electron chi connectivity index (χ1n) is 9.10. The van der Waals surface area contributed by atoms with Gasteiger partial charge in [0.2, 0.25) is 4.77 Å². The van der Waals surface area contributed by atoms with E-state index in [9.17, 15) is 0 Å². The fraction of sp³-hybridized carbons (Fsp3) is 0.350. The maximum absolute atomic E-state index is 5.80. The average molecular weight is 366 g/mol. The van der Waals surface area contributed by atoms with E-state index in [-0.39, 0.29) is 0 Å². The molecule has 134 valence electrons. The minimum Gasteiger partial charge on any atom is -0.284 e. The van der Waals surface area contributed by atoms with Crippen molar-refractivity contribution in [1.82, 2.24) is 24.2 Å². The molecule has 1 saturated carbocycles. The second kappa shape index (κ2) is 7.51. The summed E-state index contributed by atoms with van der Waals surface area (Å²) in [5, 5.41) is 4.86. The zero-order valence-electron chi connectivity index (χ0n) is 15.0. The second-order valence-electron chi connectivity index (χ2n) is 6.86. The molecule has 0 unspecified atom stereocenters. The van der Waals surface area contributed by atoms with E-state index in [0.717, 1.165) is 17.1 Å². The number of hydrogen-bond acceptors (Lipinski definition) is 4. The molecule has 5 nitrogen and oxygen atoms in total. The summed E-state index contributed by atoms with van der Waals surface area (Å²) in [5.41, 5.74) is 1.98. The lowest BCUT2D eigenvalue weighted by atomic mass is 10.2. The zero-order chi connectivity index (χ0) is 17.9. The van der Waals surface area contributed by atoms with Crippen LogP contribution in [-0.4, -0.2) is 37.3 Å². The van der Waals surface area contributed by atoms with Crippen LogP contribution < -0.4 is 0 Å². The molecular formula is C20H23N5S. The summed E-state index contributed by atoms with van der Waals surface area (Å²) < 4.78 is 4.68. The van der Waals surface area contributed by atoms with Gasteiger partial charge in [-0.15, -0.1) is 5.10 Å². The summed E-state index contributed by atoms with van der Waals surface area (Å²) >= 11 is 5.80. The molecule has 0 spiro atoms. The molecule has 3 aromatic rings. The van der Waals surface area contributed by atoms with Crippen LogP contribution in [0.2, 0.25) is 0 Å². The van der Waals surface area contributed by atoms with Crippen LogP contribution in [0.5, 0.6) is 0 Å². The van der Waals surface area contributed by atoms with Gasteiger partial charge in [0, 0.05) is 29.7 Å². The molecule has 1 aliphatic rings. The van der Waals surface area contributed by atoms with Crippen molar-refractivity contribution in [2.24, 2.45) is 0 Å². The molecule has 6 heteroatoms. The lowest BCUT2D eigenvalue weighted by Crippen LogP contribution is -2.31. The van der Waals surface area contributed by atoms with Crippen LogP contribution in [0.25, 0.3) is 17.1 Å². The zero-order valence-corrected chi connectivity index (χ0v) is 15.8. The molecule has 0 saturated heterocycles. The predicted octanol–water partition coefficient (Wildman–Crippen LogP) is 4.30. The maximum Gasteiger partial charge on any atom is 0.204 e. The molecule has 2 heterocycles. The van der Waals surface area contributed by atoms with Crippen molar-refractivity contribution in [3.8, 4) is 17.1 Å². The van der Waals surface area contributed by atoms with Crippen molar-refractivity contribution in [2.75, 3.05) is 7.05 Å². The molecule has 0 atom stereocenters.